The first-order chi connectivity index (χ1) is 14.5. The van der Waals surface area contributed by atoms with Crippen molar-refractivity contribution in [3.05, 3.63) is 89.2 Å². The molecule has 3 aromatic carbocycles. The number of carbonyl (C=O) groups excluding carboxylic acids is 1. The number of amides is 1. The van der Waals surface area contributed by atoms with Crippen LogP contribution in [-0.2, 0) is 11.3 Å². The molecule has 0 unspecified atom stereocenters. The number of ether oxygens (including phenoxy) is 1. The number of carbonyl (C=O) groups is 1. The van der Waals surface area contributed by atoms with E-state index in [4.69, 9.17) is 9.72 Å². The molecule has 1 aromatic heterocycles. The molecule has 4 aromatic rings. The zero-order chi connectivity index (χ0) is 21.1. The molecule has 6 heteroatoms. The smallest absolute Gasteiger partial charge is 0.267 e. The number of halogens is 1. The van der Waals surface area contributed by atoms with Crippen molar-refractivity contribution in [2.75, 3.05) is 11.5 Å². The molecule has 0 saturated carbocycles. The predicted octanol–water partition coefficient (Wildman–Crippen LogP) is 5.66. The lowest BCUT2D eigenvalue weighted by molar-refractivity contribution is -0.120. The van der Waals surface area contributed by atoms with Crippen molar-refractivity contribution in [3.8, 4) is 5.75 Å². The summed E-state index contributed by atoms with van der Waals surface area (Å²) in [7, 11) is 0. The van der Waals surface area contributed by atoms with Crippen LogP contribution in [0.3, 0.4) is 0 Å². The van der Waals surface area contributed by atoms with E-state index >= 15 is 0 Å². The molecule has 0 aliphatic rings. The molecule has 0 N–H and O–H groups in total. The van der Waals surface area contributed by atoms with Crippen LogP contribution in [0.15, 0.2) is 66.7 Å². The Kier molecular flexibility index (Phi) is 5.77. The second-order valence-corrected chi connectivity index (χ2v) is 8.09. The molecule has 0 aliphatic carbocycles. The van der Waals surface area contributed by atoms with E-state index in [2.05, 4.69) is 6.07 Å². The quantitative estimate of drug-likeness (QED) is 0.404. The number of para-hydroxylation sites is 1. The van der Waals surface area contributed by atoms with Gasteiger partial charge in [-0.3, -0.25) is 9.69 Å². The van der Waals surface area contributed by atoms with Gasteiger partial charge in [0.15, 0.2) is 23.3 Å². The first-order valence-electron chi connectivity index (χ1n) is 9.60. The van der Waals surface area contributed by atoms with E-state index in [1.807, 2.05) is 50.2 Å². The molecule has 1 heterocycles. The fourth-order valence-electron chi connectivity index (χ4n) is 3.29. The molecule has 0 bridgehead atoms. The van der Waals surface area contributed by atoms with Crippen LogP contribution in [0.4, 0.5) is 9.52 Å². The molecule has 0 aliphatic heterocycles. The van der Waals surface area contributed by atoms with Gasteiger partial charge in [0.1, 0.15) is 0 Å². The number of hydrogen-bond acceptors (Lipinski definition) is 4. The van der Waals surface area contributed by atoms with Gasteiger partial charge in [-0.1, -0.05) is 59.9 Å². The molecule has 0 fully saturated rings. The Labute approximate surface area is 178 Å². The minimum absolute atomic E-state index is 0.0567. The summed E-state index contributed by atoms with van der Waals surface area (Å²) in [5.41, 5.74) is 4.10. The van der Waals surface area contributed by atoms with Crippen LogP contribution < -0.4 is 9.64 Å². The summed E-state index contributed by atoms with van der Waals surface area (Å²) in [5.74, 6) is -0.720. The molecule has 1 amide bonds. The average molecular weight is 421 g/mol. The zero-order valence-electron chi connectivity index (χ0n) is 16.8. The van der Waals surface area contributed by atoms with Gasteiger partial charge >= 0.3 is 0 Å². The zero-order valence-corrected chi connectivity index (χ0v) is 17.6. The number of fused-ring (bicyclic) bond motifs is 1. The summed E-state index contributed by atoms with van der Waals surface area (Å²) in [4.78, 5) is 19.4. The summed E-state index contributed by atoms with van der Waals surface area (Å²) >= 11 is 1.48. The second kappa shape index (κ2) is 8.63. The Hall–Kier alpha value is -3.25. The number of benzene rings is 3. The lowest BCUT2D eigenvalue weighted by Gasteiger charge is -2.20. The largest absolute Gasteiger partial charge is 0.481 e. The summed E-state index contributed by atoms with van der Waals surface area (Å²) in [6, 6.07) is 19.9. The lowest BCUT2D eigenvalue weighted by atomic mass is 10.1. The van der Waals surface area contributed by atoms with Gasteiger partial charge in [0.25, 0.3) is 5.91 Å². The summed E-state index contributed by atoms with van der Waals surface area (Å²) < 4.78 is 20.4. The van der Waals surface area contributed by atoms with Crippen LogP contribution in [0.1, 0.15) is 16.7 Å². The highest BCUT2D eigenvalue weighted by atomic mass is 32.1. The van der Waals surface area contributed by atoms with Gasteiger partial charge in [-0.2, -0.15) is 0 Å². The van der Waals surface area contributed by atoms with E-state index in [1.54, 1.807) is 17.0 Å². The molecule has 4 nitrogen and oxygen atoms in total. The average Bonchev–Trinajstić information content (AvgIpc) is 3.16. The van der Waals surface area contributed by atoms with E-state index in [0.717, 1.165) is 26.9 Å². The van der Waals surface area contributed by atoms with Gasteiger partial charge < -0.3 is 4.74 Å². The van der Waals surface area contributed by atoms with Crippen LogP contribution in [0.2, 0.25) is 0 Å². The number of rotatable bonds is 6. The fourth-order valence-corrected chi connectivity index (χ4v) is 4.32. The Morgan fingerprint density at radius 3 is 2.57 bits per heavy atom. The van der Waals surface area contributed by atoms with E-state index in [9.17, 15) is 9.18 Å². The van der Waals surface area contributed by atoms with Crippen molar-refractivity contribution >= 4 is 32.6 Å². The summed E-state index contributed by atoms with van der Waals surface area (Å²) in [5, 5.41) is 0.602. The highest BCUT2D eigenvalue weighted by molar-refractivity contribution is 7.22. The normalized spacial score (nSPS) is 10.9. The number of aromatic nitrogens is 1. The third-order valence-electron chi connectivity index (χ3n) is 4.71. The van der Waals surface area contributed by atoms with Crippen molar-refractivity contribution in [2.45, 2.75) is 20.4 Å². The lowest BCUT2D eigenvalue weighted by Crippen LogP contribution is -2.34. The molecule has 0 atom stereocenters. The number of aryl methyl sites for hydroxylation is 2. The maximum atomic E-state index is 13.9. The van der Waals surface area contributed by atoms with Gasteiger partial charge in [-0.15, -0.1) is 0 Å². The van der Waals surface area contributed by atoms with Crippen molar-refractivity contribution in [1.82, 2.24) is 4.98 Å². The maximum Gasteiger partial charge on any atom is 0.267 e. The van der Waals surface area contributed by atoms with Gasteiger partial charge in [0.05, 0.1) is 16.8 Å². The first kappa shape index (κ1) is 20.0. The first-order valence-corrected chi connectivity index (χ1v) is 10.4. The van der Waals surface area contributed by atoms with Gasteiger partial charge in [0, 0.05) is 0 Å². The molecular weight excluding hydrogens is 399 g/mol. The number of anilines is 1. The minimum atomic E-state index is -0.494. The monoisotopic (exact) mass is 420 g/mol. The Bertz CT molecular complexity index is 1190. The number of nitrogens with zero attached hydrogens (tertiary/aromatic N) is 2. The fraction of sp³-hybridized carbons (Fsp3) is 0.167. The highest BCUT2D eigenvalue weighted by Crippen LogP contribution is 2.33. The highest BCUT2D eigenvalue weighted by Gasteiger charge is 2.22. The molecule has 30 heavy (non-hydrogen) atoms. The van der Waals surface area contributed by atoms with Crippen molar-refractivity contribution in [1.29, 1.82) is 0 Å². The maximum absolute atomic E-state index is 13.9. The summed E-state index contributed by atoms with van der Waals surface area (Å²) in [6.45, 7) is 4.16. The molecule has 0 saturated heterocycles. The van der Waals surface area contributed by atoms with Crippen molar-refractivity contribution < 1.29 is 13.9 Å². The van der Waals surface area contributed by atoms with E-state index < -0.39 is 5.82 Å². The summed E-state index contributed by atoms with van der Waals surface area (Å²) in [6.07, 6.45) is 0. The number of thiazole rings is 1. The third-order valence-corrected chi connectivity index (χ3v) is 5.94. The van der Waals surface area contributed by atoms with E-state index in [1.165, 1.54) is 23.5 Å². The molecular formula is C24H21FN2O2S. The van der Waals surface area contributed by atoms with Crippen LogP contribution in [0.5, 0.6) is 5.75 Å². The second-order valence-electron chi connectivity index (χ2n) is 7.11. The van der Waals surface area contributed by atoms with Crippen LogP contribution in [-0.4, -0.2) is 17.5 Å². The van der Waals surface area contributed by atoms with Crippen LogP contribution >= 0.6 is 11.3 Å². The van der Waals surface area contributed by atoms with Gasteiger partial charge in [-0.05, 0) is 48.7 Å². The van der Waals surface area contributed by atoms with Gasteiger partial charge in [-0.25, -0.2) is 9.37 Å². The van der Waals surface area contributed by atoms with Crippen LogP contribution in [0, 0.1) is 19.7 Å². The Morgan fingerprint density at radius 2 is 1.80 bits per heavy atom. The SMILES string of the molecule is Cc1cc(C)c2sc(N(Cc3ccccc3)C(=O)COc3ccccc3F)nc2c1. The van der Waals surface area contributed by atoms with E-state index in [0.29, 0.717) is 11.7 Å². The molecule has 0 spiro atoms. The predicted molar refractivity (Wildman–Crippen MR) is 119 cm³/mol. The third kappa shape index (κ3) is 4.33. The van der Waals surface area contributed by atoms with Gasteiger partial charge in [0.2, 0.25) is 0 Å². The number of hydrogen-bond donors (Lipinski definition) is 0. The van der Waals surface area contributed by atoms with Crippen molar-refractivity contribution in [3.63, 3.8) is 0 Å². The molecule has 152 valence electrons. The Morgan fingerprint density at radius 1 is 1.07 bits per heavy atom. The van der Waals surface area contributed by atoms with Crippen molar-refractivity contribution in [2.24, 2.45) is 0 Å². The molecule has 4 rings (SSSR count). The topological polar surface area (TPSA) is 42.4 Å². The standard InChI is InChI=1S/C24H21FN2O2S/c1-16-12-17(2)23-20(13-16)26-24(30-23)27(14-18-8-4-3-5-9-18)22(28)15-29-21-11-7-6-10-19(21)25/h3-13H,14-15H2,1-2H3. The molecule has 0 radical (unpaired) electrons. The minimum Gasteiger partial charge on any atom is -0.481 e. The van der Waals surface area contributed by atoms with Crippen LogP contribution in [0.25, 0.3) is 10.2 Å². The van der Waals surface area contributed by atoms with E-state index in [-0.39, 0.29) is 18.3 Å². The Balaban J connectivity index is 1.65.